The number of aromatic nitrogens is 2. The Bertz CT molecular complexity index is 769. The highest BCUT2D eigenvalue weighted by Gasteiger charge is 2.30. The van der Waals surface area contributed by atoms with E-state index in [2.05, 4.69) is 4.98 Å². The Kier molecular flexibility index (Phi) is 6.03. The predicted octanol–water partition coefficient (Wildman–Crippen LogP) is 1.48. The number of carbonyl (C=O) groups is 1. The van der Waals surface area contributed by atoms with Crippen LogP contribution in [0.3, 0.4) is 0 Å². The molecule has 134 valence electrons. The fourth-order valence-electron chi connectivity index (χ4n) is 2.93. The van der Waals surface area contributed by atoms with Crippen molar-refractivity contribution in [3.05, 3.63) is 21.7 Å². The average molecular weight is 376 g/mol. The van der Waals surface area contributed by atoms with Gasteiger partial charge in [0.15, 0.2) is 0 Å². The van der Waals surface area contributed by atoms with Crippen molar-refractivity contribution < 1.29 is 13.2 Å². The molecule has 2 rings (SSSR count). The summed E-state index contributed by atoms with van der Waals surface area (Å²) in [5.41, 5.74) is -0.755. The zero-order valence-electron chi connectivity index (χ0n) is 13.9. The lowest BCUT2D eigenvalue weighted by Gasteiger charge is -2.31. The van der Waals surface area contributed by atoms with E-state index in [1.54, 1.807) is 14.0 Å². The maximum absolute atomic E-state index is 12.5. The number of rotatable bonds is 5. The molecular weight excluding hydrogens is 354 g/mol. The average Bonchev–Trinajstić information content (AvgIpc) is 2.56. The van der Waals surface area contributed by atoms with Gasteiger partial charge in [-0.15, -0.1) is 0 Å². The smallest absolute Gasteiger partial charge is 0.288 e. The Morgan fingerprint density at radius 1 is 1.38 bits per heavy atom. The Labute approximate surface area is 146 Å². The monoisotopic (exact) mass is 375 g/mol. The first-order valence-electron chi connectivity index (χ1n) is 8.01. The highest BCUT2D eigenvalue weighted by molar-refractivity contribution is 7.92. The van der Waals surface area contributed by atoms with Gasteiger partial charge in [-0.1, -0.05) is 30.9 Å². The van der Waals surface area contributed by atoms with Crippen molar-refractivity contribution in [3.8, 4) is 0 Å². The zero-order chi connectivity index (χ0) is 17.9. The van der Waals surface area contributed by atoms with E-state index in [0.29, 0.717) is 0 Å². The summed E-state index contributed by atoms with van der Waals surface area (Å²) in [6.07, 6.45) is 6.23. The minimum Gasteiger partial charge on any atom is -0.342 e. The standard InChI is InChI=1S/C15H22ClN3O4S/c1-3-19-9-12(16)17-14(15(19)21)24(22,23)10-13(20)18(2)11-7-5-4-6-8-11/h9,11H,3-8,10H2,1-2H3. The van der Waals surface area contributed by atoms with Crippen molar-refractivity contribution in [1.29, 1.82) is 0 Å². The van der Waals surface area contributed by atoms with Gasteiger partial charge in [0, 0.05) is 25.8 Å². The van der Waals surface area contributed by atoms with Crippen LogP contribution in [0.25, 0.3) is 0 Å². The van der Waals surface area contributed by atoms with Gasteiger partial charge in [-0.2, -0.15) is 0 Å². The van der Waals surface area contributed by atoms with E-state index >= 15 is 0 Å². The van der Waals surface area contributed by atoms with E-state index in [0.717, 1.165) is 36.7 Å². The molecule has 1 fully saturated rings. The second kappa shape index (κ2) is 7.65. The van der Waals surface area contributed by atoms with Crippen LogP contribution in [0.4, 0.5) is 0 Å². The number of amides is 1. The molecule has 1 heterocycles. The molecule has 0 unspecified atom stereocenters. The Morgan fingerprint density at radius 3 is 2.58 bits per heavy atom. The van der Waals surface area contributed by atoms with Crippen LogP contribution in [0.15, 0.2) is 16.0 Å². The predicted molar refractivity (Wildman–Crippen MR) is 90.9 cm³/mol. The lowest BCUT2D eigenvalue weighted by Crippen LogP contribution is -2.42. The van der Waals surface area contributed by atoms with Crippen molar-refractivity contribution in [2.24, 2.45) is 0 Å². The summed E-state index contributed by atoms with van der Waals surface area (Å²) in [5.74, 6) is -1.29. The first kappa shape index (κ1) is 18.9. The van der Waals surface area contributed by atoms with Gasteiger partial charge in [-0.05, 0) is 19.8 Å². The Morgan fingerprint density at radius 2 is 2.00 bits per heavy atom. The molecule has 24 heavy (non-hydrogen) atoms. The molecule has 1 amide bonds. The van der Waals surface area contributed by atoms with Crippen LogP contribution in [0.5, 0.6) is 0 Å². The van der Waals surface area contributed by atoms with Crippen LogP contribution in [0, 0.1) is 0 Å². The van der Waals surface area contributed by atoms with E-state index in [4.69, 9.17) is 11.6 Å². The minimum atomic E-state index is -4.15. The van der Waals surface area contributed by atoms with Crippen LogP contribution in [0.1, 0.15) is 39.0 Å². The number of carbonyl (C=O) groups excluding carboxylic acids is 1. The van der Waals surface area contributed by atoms with E-state index in [1.165, 1.54) is 11.1 Å². The van der Waals surface area contributed by atoms with Crippen molar-refractivity contribution in [2.45, 2.75) is 56.6 Å². The quantitative estimate of drug-likeness (QED) is 0.777. The van der Waals surface area contributed by atoms with Gasteiger partial charge >= 0.3 is 0 Å². The Hall–Kier alpha value is -1.41. The first-order chi connectivity index (χ1) is 11.3. The molecule has 0 atom stereocenters. The van der Waals surface area contributed by atoms with E-state index in [9.17, 15) is 18.0 Å². The van der Waals surface area contributed by atoms with E-state index in [-0.39, 0.29) is 17.7 Å². The number of sulfone groups is 1. The zero-order valence-corrected chi connectivity index (χ0v) is 15.4. The van der Waals surface area contributed by atoms with Crippen LogP contribution in [-0.2, 0) is 21.2 Å². The minimum absolute atomic E-state index is 0.0565. The number of halogens is 1. The number of nitrogens with zero attached hydrogens (tertiary/aromatic N) is 3. The van der Waals surface area contributed by atoms with Gasteiger partial charge in [-0.25, -0.2) is 13.4 Å². The van der Waals surface area contributed by atoms with Crippen LogP contribution in [-0.4, -0.2) is 47.6 Å². The van der Waals surface area contributed by atoms with E-state index in [1.807, 2.05) is 0 Å². The lowest BCUT2D eigenvalue weighted by molar-refractivity contribution is -0.129. The lowest BCUT2D eigenvalue weighted by atomic mass is 9.94. The second-order valence-corrected chi connectivity index (χ2v) is 8.31. The van der Waals surface area contributed by atoms with Crippen LogP contribution in [0.2, 0.25) is 5.15 Å². The molecule has 0 N–H and O–H groups in total. The van der Waals surface area contributed by atoms with Gasteiger partial charge < -0.3 is 9.47 Å². The first-order valence-corrected chi connectivity index (χ1v) is 10.0. The summed E-state index contributed by atoms with van der Waals surface area (Å²) in [7, 11) is -2.53. The highest BCUT2D eigenvalue weighted by atomic mass is 35.5. The third kappa shape index (κ3) is 4.16. The fourth-order valence-corrected chi connectivity index (χ4v) is 4.46. The third-order valence-electron chi connectivity index (χ3n) is 4.38. The summed E-state index contributed by atoms with van der Waals surface area (Å²) in [5, 5.41) is -0.759. The van der Waals surface area contributed by atoms with Crippen molar-refractivity contribution >= 4 is 27.3 Å². The number of hydrogen-bond donors (Lipinski definition) is 0. The van der Waals surface area contributed by atoms with Gasteiger partial charge in [0.05, 0.1) is 0 Å². The van der Waals surface area contributed by atoms with Crippen molar-refractivity contribution in [1.82, 2.24) is 14.5 Å². The van der Waals surface area contributed by atoms with Gasteiger partial charge in [0.25, 0.3) is 5.56 Å². The highest BCUT2D eigenvalue weighted by Crippen LogP contribution is 2.22. The molecule has 1 saturated carbocycles. The molecule has 1 aromatic rings. The molecular formula is C15H22ClN3O4S. The van der Waals surface area contributed by atoms with Gasteiger partial charge in [0.1, 0.15) is 10.9 Å². The molecule has 0 saturated heterocycles. The largest absolute Gasteiger partial charge is 0.342 e. The second-order valence-electron chi connectivity index (χ2n) is 6.02. The number of hydrogen-bond acceptors (Lipinski definition) is 5. The van der Waals surface area contributed by atoms with Crippen molar-refractivity contribution in [3.63, 3.8) is 0 Å². The molecule has 0 spiro atoms. The molecule has 0 aliphatic heterocycles. The summed E-state index contributed by atoms with van der Waals surface area (Å²) >= 11 is 5.80. The molecule has 1 aliphatic rings. The summed E-state index contributed by atoms with van der Waals surface area (Å²) in [6, 6.07) is 0.0565. The normalized spacial score (nSPS) is 16.1. The van der Waals surface area contributed by atoms with Crippen molar-refractivity contribution in [2.75, 3.05) is 12.8 Å². The maximum atomic E-state index is 12.5. The van der Waals surface area contributed by atoms with Crippen LogP contribution < -0.4 is 5.56 Å². The SMILES string of the molecule is CCn1cc(Cl)nc(S(=O)(=O)CC(=O)N(C)C2CCCCC2)c1=O. The third-order valence-corrected chi connectivity index (χ3v) is 6.04. The summed E-state index contributed by atoms with van der Waals surface area (Å²) in [6.45, 7) is 1.95. The van der Waals surface area contributed by atoms with Crippen LogP contribution >= 0.6 is 11.6 Å². The maximum Gasteiger partial charge on any atom is 0.288 e. The molecule has 9 heteroatoms. The topological polar surface area (TPSA) is 89.3 Å². The summed E-state index contributed by atoms with van der Waals surface area (Å²) in [4.78, 5) is 29.7. The van der Waals surface area contributed by atoms with Gasteiger partial charge in [0.2, 0.25) is 20.8 Å². The summed E-state index contributed by atoms with van der Waals surface area (Å²) < 4.78 is 26.1. The van der Waals surface area contributed by atoms with Gasteiger partial charge in [-0.3, -0.25) is 9.59 Å². The molecule has 0 bridgehead atoms. The molecule has 0 aromatic carbocycles. The number of aryl methyl sites for hydroxylation is 1. The fraction of sp³-hybridized carbons (Fsp3) is 0.667. The Balaban J connectivity index is 2.23. The molecule has 1 aliphatic carbocycles. The molecule has 7 nitrogen and oxygen atoms in total. The molecule has 1 aromatic heterocycles. The molecule has 0 radical (unpaired) electrons. The van der Waals surface area contributed by atoms with E-state index < -0.39 is 32.1 Å².